The number of nitrogens with two attached hydrogens (primary N) is 1. The molecule has 2 aromatic rings. The van der Waals surface area contributed by atoms with Gasteiger partial charge >= 0.3 is 6.18 Å². The van der Waals surface area contributed by atoms with E-state index in [1.54, 1.807) is 18.5 Å². The molecule has 1 aromatic carbocycles. The number of halogens is 4. The summed E-state index contributed by atoms with van der Waals surface area (Å²) < 4.78 is 38.5. The maximum atomic E-state index is 12.8. The van der Waals surface area contributed by atoms with Gasteiger partial charge in [0, 0.05) is 18.8 Å². The van der Waals surface area contributed by atoms with Gasteiger partial charge in [-0.2, -0.15) is 13.2 Å². The Labute approximate surface area is 141 Å². The van der Waals surface area contributed by atoms with Gasteiger partial charge in [-0.05, 0) is 36.6 Å². The van der Waals surface area contributed by atoms with Crippen LogP contribution in [-0.2, 0) is 17.4 Å². The van der Waals surface area contributed by atoms with Gasteiger partial charge in [0.2, 0.25) is 5.91 Å². The lowest BCUT2D eigenvalue weighted by Crippen LogP contribution is -2.15. The standard InChI is InChI=1S/C16H15ClF3N3O/c17-12-8-13(21)14(7-11(12)16(18,19)20)23-15(24)5-1-3-10-4-2-6-22-9-10/h2,4,6-9H,1,3,5,21H2,(H,23,24). The summed E-state index contributed by atoms with van der Waals surface area (Å²) in [5.74, 6) is -0.416. The molecule has 0 saturated carbocycles. The van der Waals surface area contributed by atoms with Gasteiger partial charge in [-0.1, -0.05) is 17.7 Å². The summed E-state index contributed by atoms with van der Waals surface area (Å²) in [5, 5.41) is 1.89. The normalized spacial score (nSPS) is 11.3. The van der Waals surface area contributed by atoms with E-state index < -0.39 is 22.7 Å². The van der Waals surface area contributed by atoms with E-state index in [1.165, 1.54) is 0 Å². The molecular weight excluding hydrogens is 343 g/mol. The molecule has 1 heterocycles. The van der Waals surface area contributed by atoms with Gasteiger partial charge in [-0.3, -0.25) is 9.78 Å². The first kappa shape index (κ1) is 18.1. The Morgan fingerprint density at radius 2 is 2.08 bits per heavy atom. The highest BCUT2D eigenvalue weighted by molar-refractivity contribution is 6.32. The predicted octanol–water partition coefficient (Wildman–Crippen LogP) is 4.30. The van der Waals surface area contributed by atoms with Crippen LogP contribution in [0.15, 0.2) is 36.7 Å². The zero-order valence-electron chi connectivity index (χ0n) is 12.5. The van der Waals surface area contributed by atoms with E-state index in [9.17, 15) is 18.0 Å². The van der Waals surface area contributed by atoms with E-state index >= 15 is 0 Å². The lowest BCUT2D eigenvalue weighted by molar-refractivity contribution is -0.137. The third-order valence-corrected chi connectivity index (χ3v) is 3.62. The van der Waals surface area contributed by atoms with Gasteiger partial charge in [-0.25, -0.2) is 0 Å². The fourth-order valence-corrected chi connectivity index (χ4v) is 2.41. The van der Waals surface area contributed by atoms with E-state index in [1.807, 2.05) is 6.07 Å². The molecule has 0 unspecified atom stereocenters. The van der Waals surface area contributed by atoms with Gasteiger partial charge < -0.3 is 11.1 Å². The third-order valence-electron chi connectivity index (χ3n) is 3.31. The van der Waals surface area contributed by atoms with E-state index in [2.05, 4.69) is 10.3 Å². The first-order valence-electron chi connectivity index (χ1n) is 7.12. The number of aryl methyl sites for hydroxylation is 1. The molecule has 1 amide bonds. The number of hydrogen-bond acceptors (Lipinski definition) is 3. The van der Waals surface area contributed by atoms with Gasteiger partial charge in [-0.15, -0.1) is 0 Å². The van der Waals surface area contributed by atoms with Crippen molar-refractivity contribution in [2.45, 2.75) is 25.4 Å². The number of nitrogen functional groups attached to an aromatic ring is 1. The second-order valence-corrected chi connectivity index (χ2v) is 5.59. The number of nitrogens with one attached hydrogen (secondary N) is 1. The molecule has 3 N–H and O–H groups in total. The van der Waals surface area contributed by atoms with Gasteiger partial charge in [0.1, 0.15) is 0 Å². The zero-order valence-corrected chi connectivity index (χ0v) is 13.3. The molecule has 0 saturated heterocycles. The lowest BCUT2D eigenvalue weighted by Gasteiger charge is -2.14. The molecule has 128 valence electrons. The molecule has 4 nitrogen and oxygen atoms in total. The number of anilines is 2. The molecule has 24 heavy (non-hydrogen) atoms. The zero-order chi connectivity index (χ0) is 17.7. The summed E-state index contributed by atoms with van der Waals surface area (Å²) in [6.07, 6.45) is 0.0631. The number of carbonyl (C=O) groups excluding carboxylic acids is 1. The second-order valence-electron chi connectivity index (χ2n) is 5.18. The highest BCUT2D eigenvalue weighted by atomic mass is 35.5. The number of carbonyl (C=O) groups is 1. The van der Waals surface area contributed by atoms with Crippen LogP contribution in [0.3, 0.4) is 0 Å². The number of pyridine rings is 1. The predicted molar refractivity (Wildman–Crippen MR) is 86.7 cm³/mol. The van der Waals surface area contributed by atoms with Crippen LogP contribution in [0.2, 0.25) is 5.02 Å². The van der Waals surface area contributed by atoms with Crippen LogP contribution in [0.25, 0.3) is 0 Å². The van der Waals surface area contributed by atoms with Crippen molar-refractivity contribution in [2.24, 2.45) is 0 Å². The van der Waals surface area contributed by atoms with Crippen molar-refractivity contribution in [3.05, 3.63) is 52.8 Å². The Kier molecular flexibility index (Phi) is 5.66. The second kappa shape index (κ2) is 7.53. The van der Waals surface area contributed by atoms with E-state index in [0.29, 0.717) is 12.8 Å². The topological polar surface area (TPSA) is 68.0 Å². The Hall–Kier alpha value is -2.28. The van der Waals surface area contributed by atoms with Gasteiger partial charge in [0.25, 0.3) is 0 Å². The average molecular weight is 358 g/mol. The van der Waals surface area contributed by atoms with Crippen LogP contribution in [0, 0.1) is 0 Å². The first-order valence-corrected chi connectivity index (χ1v) is 7.50. The Morgan fingerprint density at radius 1 is 1.33 bits per heavy atom. The highest BCUT2D eigenvalue weighted by Crippen LogP contribution is 2.38. The minimum absolute atomic E-state index is 0.0198. The molecule has 8 heteroatoms. The SMILES string of the molecule is Nc1cc(Cl)c(C(F)(F)F)cc1NC(=O)CCCc1cccnc1. The number of aromatic nitrogens is 1. The van der Waals surface area contributed by atoms with Crippen LogP contribution < -0.4 is 11.1 Å². The van der Waals surface area contributed by atoms with E-state index in [0.717, 1.165) is 17.7 Å². The minimum Gasteiger partial charge on any atom is -0.397 e. The molecule has 0 spiro atoms. The van der Waals surface area contributed by atoms with Crippen molar-refractivity contribution >= 4 is 28.9 Å². The van der Waals surface area contributed by atoms with Gasteiger partial charge in [0.15, 0.2) is 0 Å². The summed E-state index contributed by atoms with van der Waals surface area (Å²) in [6.45, 7) is 0. The Bertz CT molecular complexity index is 720. The summed E-state index contributed by atoms with van der Waals surface area (Å²) in [5.41, 5.74) is 5.45. The van der Waals surface area contributed by atoms with Crippen LogP contribution in [0.5, 0.6) is 0 Å². The first-order chi connectivity index (χ1) is 11.3. The molecule has 1 aromatic heterocycles. The monoisotopic (exact) mass is 357 g/mol. The minimum atomic E-state index is -4.62. The van der Waals surface area contributed by atoms with Crippen molar-refractivity contribution in [3.63, 3.8) is 0 Å². The van der Waals surface area contributed by atoms with Crippen molar-refractivity contribution in [3.8, 4) is 0 Å². The number of rotatable bonds is 5. The van der Waals surface area contributed by atoms with Crippen molar-refractivity contribution in [1.29, 1.82) is 0 Å². The summed E-state index contributed by atoms with van der Waals surface area (Å²) in [4.78, 5) is 15.9. The Morgan fingerprint density at radius 3 is 2.71 bits per heavy atom. The van der Waals surface area contributed by atoms with E-state index in [-0.39, 0.29) is 17.8 Å². The summed E-state index contributed by atoms with van der Waals surface area (Å²) in [6, 6.07) is 5.41. The third kappa shape index (κ3) is 4.86. The lowest BCUT2D eigenvalue weighted by atomic mass is 10.1. The van der Waals surface area contributed by atoms with Crippen LogP contribution >= 0.6 is 11.6 Å². The van der Waals surface area contributed by atoms with Crippen molar-refractivity contribution < 1.29 is 18.0 Å². The average Bonchev–Trinajstić information content (AvgIpc) is 2.50. The fourth-order valence-electron chi connectivity index (χ4n) is 2.13. The summed E-state index contributed by atoms with van der Waals surface area (Å²) in [7, 11) is 0. The molecule has 0 atom stereocenters. The number of hydrogen-bond donors (Lipinski definition) is 2. The van der Waals surface area contributed by atoms with Crippen LogP contribution in [0.1, 0.15) is 24.0 Å². The van der Waals surface area contributed by atoms with Crippen molar-refractivity contribution in [2.75, 3.05) is 11.1 Å². The maximum absolute atomic E-state index is 12.8. The quantitative estimate of drug-likeness (QED) is 0.784. The van der Waals surface area contributed by atoms with Crippen LogP contribution in [-0.4, -0.2) is 10.9 Å². The van der Waals surface area contributed by atoms with Crippen molar-refractivity contribution in [1.82, 2.24) is 4.98 Å². The Balaban J connectivity index is 1.98. The molecule has 0 aliphatic heterocycles. The number of benzene rings is 1. The molecule has 0 fully saturated rings. The number of nitrogens with zero attached hydrogens (tertiary/aromatic N) is 1. The summed E-state index contributed by atoms with van der Waals surface area (Å²) >= 11 is 5.56. The van der Waals surface area contributed by atoms with E-state index in [4.69, 9.17) is 17.3 Å². The molecule has 0 bridgehead atoms. The molecule has 0 aliphatic carbocycles. The number of amides is 1. The fraction of sp³-hybridized carbons (Fsp3) is 0.250. The molecule has 0 radical (unpaired) electrons. The molecule has 2 rings (SSSR count). The van der Waals surface area contributed by atoms with Gasteiger partial charge in [0.05, 0.1) is 22.0 Å². The smallest absolute Gasteiger partial charge is 0.397 e. The largest absolute Gasteiger partial charge is 0.417 e. The van der Waals surface area contributed by atoms with Crippen LogP contribution in [0.4, 0.5) is 24.5 Å². The molecular formula is C16H15ClF3N3O. The number of alkyl halides is 3. The highest BCUT2D eigenvalue weighted by Gasteiger charge is 2.34. The molecule has 0 aliphatic rings. The maximum Gasteiger partial charge on any atom is 0.417 e.